The first-order chi connectivity index (χ1) is 6.66. The summed E-state index contributed by atoms with van der Waals surface area (Å²) in [6.07, 6.45) is 0. The Hall–Kier alpha value is -0.698. The van der Waals surface area contributed by atoms with Gasteiger partial charge < -0.3 is 43.2 Å². The predicted octanol–water partition coefficient (Wildman–Crippen LogP) is 0.493. The monoisotopic (exact) mass is 316 g/mol. The summed E-state index contributed by atoms with van der Waals surface area (Å²) in [6, 6.07) is 0. The summed E-state index contributed by atoms with van der Waals surface area (Å²) in [6.45, 7) is 1.67. The summed E-state index contributed by atoms with van der Waals surface area (Å²) in [5.74, 6) is 0. The van der Waals surface area contributed by atoms with Crippen LogP contribution in [0, 0.1) is 20.2 Å². The Balaban J connectivity index is -0.0000000293. The van der Waals surface area contributed by atoms with Crippen molar-refractivity contribution in [2.45, 2.75) is 0 Å². The molecule has 0 unspecified atom stereocenters. The Morgan fingerprint density at radius 3 is 1.00 bits per heavy atom. The van der Waals surface area contributed by atoms with Crippen LogP contribution in [0.2, 0.25) is 0 Å². The van der Waals surface area contributed by atoms with Crippen molar-refractivity contribution >= 4 is 0 Å². The fourth-order valence-corrected chi connectivity index (χ4v) is 0. The van der Waals surface area contributed by atoms with E-state index in [2.05, 4.69) is 0 Å². The molecule has 0 aliphatic heterocycles. The topological polar surface area (TPSA) is 205 Å². The van der Waals surface area contributed by atoms with E-state index in [1.807, 2.05) is 0 Å². The minimum Gasteiger partial charge on any atom is -0.676 e. The average Bonchev–Trinajstić information content (AvgIpc) is 2.20. The van der Waals surface area contributed by atoms with Gasteiger partial charge in [-0.1, -0.05) is 0 Å². The van der Waals surface area contributed by atoms with E-state index in [-0.39, 0.29) is 20.4 Å². The predicted molar refractivity (Wildman–Crippen MR) is 54.8 cm³/mol. The van der Waals surface area contributed by atoms with Crippen molar-refractivity contribution in [3.8, 4) is 0 Å². The van der Waals surface area contributed by atoms with Gasteiger partial charge in [0.25, 0.3) is 0 Å². The smallest absolute Gasteiger partial charge is 0.676 e. The van der Waals surface area contributed by atoms with Crippen LogP contribution in [-0.4, -0.2) is 26.2 Å². The van der Waals surface area contributed by atoms with Gasteiger partial charge in [-0.2, -0.15) is 0 Å². The first kappa shape index (κ1) is 29.2. The standard InChI is InChI=1S/2C2H7N2.2HNO2.Pd/c2*3-1-2-4;2*2-1-3;/h2*3H,1-2,4H2;2*(H,2,3);/q2*-1;;;+2/p-2. The summed E-state index contributed by atoms with van der Waals surface area (Å²) in [4.78, 5) is 16.0. The van der Waals surface area contributed by atoms with Crippen molar-refractivity contribution in [2.75, 3.05) is 26.2 Å². The molecule has 0 aliphatic carbocycles. The van der Waals surface area contributed by atoms with E-state index in [1.165, 1.54) is 0 Å². The van der Waals surface area contributed by atoms with Gasteiger partial charge in [0.2, 0.25) is 0 Å². The quantitative estimate of drug-likeness (QED) is 0.420. The van der Waals surface area contributed by atoms with Crippen LogP contribution in [0.15, 0.2) is 10.7 Å². The summed E-state index contributed by atoms with van der Waals surface area (Å²) >= 11 is 0. The zero-order valence-electron chi connectivity index (χ0n) is 7.83. The molecule has 0 spiro atoms. The molecule has 10 nitrogen and oxygen atoms in total. The maximum Gasteiger partial charge on any atom is 2.00 e. The van der Waals surface area contributed by atoms with Crippen molar-refractivity contribution in [3.05, 3.63) is 31.7 Å². The number of nitrogens with zero attached hydrogens (tertiary/aromatic N) is 2. The normalized spacial score (nSPS) is 5.60. The SMILES string of the molecule is O=N[O-].O=N[O-].[NH-]CCN.[NH-]CCN.[Pd+2]. The fourth-order valence-electron chi connectivity index (χ4n) is 0. The van der Waals surface area contributed by atoms with Crippen LogP contribution < -0.4 is 11.5 Å². The minimum absolute atomic E-state index is 0. The first-order valence-corrected chi connectivity index (χ1v) is 3.25. The molecule has 0 saturated carbocycles. The van der Waals surface area contributed by atoms with Crippen LogP contribution >= 0.6 is 0 Å². The Morgan fingerprint density at radius 2 is 1.00 bits per heavy atom. The van der Waals surface area contributed by atoms with Crippen LogP contribution in [-0.2, 0) is 20.4 Å². The van der Waals surface area contributed by atoms with Gasteiger partial charge in [-0.3, -0.25) is 0 Å². The first-order valence-electron chi connectivity index (χ1n) is 3.25. The van der Waals surface area contributed by atoms with Crippen molar-refractivity contribution in [2.24, 2.45) is 22.1 Å². The van der Waals surface area contributed by atoms with E-state index in [9.17, 15) is 0 Å². The van der Waals surface area contributed by atoms with Crippen LogP contribution in [0.5, 0.6) is 0 Å². The molecule has 0 bridgehead atoms. The number of nitrogens with one attached hydrogen (secondary N) is 2. The van der Waals surface area contributed by atoms with E-state index in [0.29, 0.717) is 26.2 Å². The van der Waals surface area contributed by atoms with Crippen LogP contribution in [0.1, 0.15) is 0 Å². The largest absolute Gasteiger partial charge is 2.00 e. The molecular formula is C4H14N6O4Pd-2. The van der Waals surface area contributed by atoms with Gasteiger partial charge in [0.05, 0.1) is 0 Å². The maximum absolute atomic E-state index is 8.00. The van der Waals surface area contributed by atoms with Gasteiger partial charge in [-0.25, -0.2) is 0 Å². The van der Waals surface area contributed by atoms with Gasteiger partial charge in [0, 0.05) is 0 Å². The second kappa shape index (κ2) is 71.6. The van der Waals surface area contributed by atoms with Crippen molar-refractivity contribution in [3.63, 3.8) is 0 Å². The third-order valence-electron chi connectivity index (χ3n) is 0.289. The molecule has 6 N–H and O–H groups in total. The van der Waals surface area contributed by atoms with E-state index in [4.69, 9.17) is 43.2 Å². The Kier molecular flexibility index (Phi) is 140. The van der Waals surface area contributed by atoms with Gasteiger partial charge in [0.15, 0.2) is 0 Å². The van der Waals surface area contributed by atoms with Crippen molar-refractivity contribution in [1.82, 2.24) is 0 Å². The maximum atomic E-state index is 8.00. The van der Waals surface area contributed by atoms with Crippen LogP contribution in [0.25, 0.3) is 11.5 Å². The molecule has 96 valence electrons. The van der Waals surface area contributed by atoms with Gasteiger partial charge >= 0.3 is 20.4 Å². The zero-order chi connectivity index (χ0) is 12.2. The average molecular weight is 317 g/mol. The number of rotatable bonds is 2. The van der Waals surface area contributed by atoms with Gasteiger partial charge in [0.1, 0.15) is 0 Å². The van der Waals surface area contributed by atoms with Gasteiger partial charge in [-0.15, -0.1) is 23.8 Å². The van der Waals surface area contributed by atoms with Crippen LogP contribution in [0.4, 0.5) is 0 Å². The molecule has 15 heavy (non-hydrogen) atoms. The molecular weight excluding hydrogens is 303 g/mol. The molecule has 0 rings (SSSR count). The molecule has 0 atom stereocenters. The molecule has 0 radical (unpaired) electrons. The number of nitrogens with two attached hydrogens (primary N) is 2. The fraction of sp³-hybridized carbons (Fsp3) is 1.00. The molecule has 0 aliphatic rings. The molecule has 0 heterocycles. The van der Waals surface area contributed by atoms with E-state index < -0.39 is 0 Å². The van der Waals surface area contributed by atoms with Crippen molar-refractivity contribution in [1.29, 1.82) is 0 Å². The Morgan fingerprint density at radius 1 is 0.933 bits per heavy atom. The second-order valence-corrected chi connectivity index (χ2v) is 1.23. The summed E-state index contributed by atoms with van der Waals surface area (Å²) in [7, 11) is 0. The Bertz CT molecular complexity index is 75.5. The number of hydrogen-bond donors (Lipinski definition) is 2. The Labute approximate surface area is 101 Å². The number of hydrogen-bond acceptors (Lipinski definition) is 8. The molecule has 11 heteroatoms. The summed E-state index contributed by atoms with van der Waals surface area (Å²) in [5, 5.41) is 18.0. The van der Waals surface area contributed by atoms with E-state index in [1.54, 1.807) is 0 Å². The minimum atomic E-state index is 0. The summed E-state index contributed by atoms with van der Waals surface area (Å²) < 4.78 is 0. The van der Waals surface area contributed by atoms with Gasteiger partial charge in [-0.05, 0) is 13.1 Å². The van der Waals surface area contributed by atoms with Crippen LogP contribution in [0.3, 0.4) is 0 Å². The molecule has 0 aromatic rings. The van der Waals surface area contributed by atoms with E-state index >= 15 is 0 Å². The third kappa shape index (κ3) is 1000. The van der Waals surface area contributed by atoms with Crippen molar-refractivity contribution < 1.29 is 20.4 Å². The molecule has 0 fully saturated rings. The molecule has 0 aromatic heterocycles. The molecule has 0 amide bonds. The third-order valence-corrected chi connectivity index (χ3v) is 0.289. The molecule has 0 aromatic carbocycles. The van der Waals surface area contributed by atoms with E-state index in [0.717, 1.165) is 10.7 Å². The molecule has 0 saturated heterocycles. The zero-order valence-corrected chi connectivity index (χ0v) is 9.38. The summed E-state index contributed by atoms with van der Waals surface area (Å²) in [5.41, 5.74) is 22.3. The second-order valence-electron chi connectivity index (χ2n) is 1.23.